The fourth-order valence-corrected chi connectivity index (χ4v) is 4.02. The van der Waals surface area contributed by atoms with Crippen molar-refractivity contribution in [2.45, 2.75) is 24.6 Å². The highest BCUT2D eigenvalue weighted by Crippen LogP contribution is 2.33. The van der Waals surface area contributed by atoms with Crippen LogP contribution < -0.4 is 4.74 Å². The lowest BCUT2D eigenvalue weighted by atomic mass is 10.0. The summed E-state index contributed by atoms with van der Waals surface area (Å²) in [6, 6.07) is 18.6. The van der Waals surface area contributed by atoms with E-state index >= 15 is 0 Å². The van der Waals surface area contributed by atoms with Crippen molar-refractivity contribution < 1.29 is 9.53 Å². The molecule has 0 saturated carbocycles. The van der Waals surface area contributed by atoms with Crippen LogP contribution in [0.25, 0.3) is 0 Å². The lowest BCUT2D eigenvalue weighted by Crippen LogP contribution is -2.32. The van der Waals surface area contributed by atoms with Gasteiger partial charge in [0.2, 0.25) is 5.91 Å². The van der Waals surface area contributed by atoms with Crippen molar-refractivity contribution in [3.63, 3.8) is 0 Å². The Morgan fingerprint density at radius 1 is 1.17 bits per heavy atom. The molecule has 0 aromatic heterocycles. The summed E-state index contributed by atoms with van der Waals surface area (Å²) in [5.74, 6) is 2.53. The Balaban J connectivity index is 1.56. The maximum Gasteiger partial charge on any atom is 0.233 e. The maximum absolute atomic E-state index is 12.6. The van der Waals surface area contributed by atoms with Crippen LogP contribution in [-0.4, -0.2) is 30.2 Å². The molecule has 4 heteroatoms. The van der Waals surface area contributed by atoms with E-state index in [-0.39, 0.29) is 11.9 Å². The number of benzene rings is 2. The van der Waals surface area contributed by atoms with E-state index in [4.69, 9.17) is 4.74 Å². The average Bonchev–Trinajstić information content (AvgIpc) is 3.12. The summed E-state index contributed by atoms with van der Waals surface area (Å²) in [7, 11) is 1.67. The monoisotopic (exact) mass is 341 g/mol. The minimum absolute atomic E-state index is 0.209. The van der Waals surface area contributed by atoms with Crippen molar-refractivity contribution in [2.24, 2.45) is 0 Å². The highest BCUT2D eigenvalue weighted by atomic mass is 32.2. The number of carbonyl (C=O) groups is 1. The quantitative estimate of drug-likeness (QED) is 0.785. The molecule has 0 spiro atoms. The van der Waals surface area contributed by atoms with Gasteiger partial charge in [0.25, 0.3) is 0 Å². The number of ether oxygens (including phenoxy) is 1. The number of hydrogen-bond acceptors (Lipinski definition) is 3. The maximum atomic E-state index is 12.6. The normalized spacial score (nSPS) is 17.0. The third-order valence-corrected chi connectivity index (χ3v) is 5.40. The lowest BCUT2D eigenvalue weighted by molar-refractivity contribution is -0.129. The fourth-order valence-electron chi connectivity index (χ4n) is 3.15. The predicted octanol–water partition coefficient (Wildman–Crippen LogP) is 4.29. The van der Waals surface area contributed by atoms with Crippen LogP contribution in [-0.2, 0) is 10.5 Å². The first-order valence-electron chi connectivity index (χ1n) is 8.33. The molecule has 1 fully saturated rings. The Labute approximate surface area is 148 Å². The molecular weight excluding hydrogens is 318 g/mol. The number of carbonyl (C=O) groups excluding carboxylic acids is 1. The van der Waals surface area contributed by atoms with Crippen molar-refractivity contribution in [1.82, 2.24) is 4.90 Å². The van der Waals surface area contributed by atoms with Crippen LogP contribution in [0.3, 0.4) is 0 Å². The zero-order valence-corrected chi connectivity index (χ0v) is 14.8. The molecule has 1 atom stereocenters. The van der Waals surface area contributed by atoms with Crippen LogP contribution in [0, 0.1) is 0 Å². The first-order valence-corrected chi connectivity index (χ1v) is 9.48. The number of likely N-dealkylation sites (tertiary alicyclic amines) is 1. The molecule has 0 N–H and O–H groups in total. The molecule has 1 aliphatic rings. The van der Waals surface area contributed by atoms with E-state index in [1.54, 1.807) is 18.9 Å². The van der Waals surface area contributed by atoms with E-state index in [0.717, 1.165) is 30.9 Å². The van der Waals surface area contributed by atoms with Gasteiger partial charge in [0.1, 0.15) is 5.75 Å². The van der Waals surface area contributed by atoms with Gasteiger partial charge in [0, 0.05) is 12.3 Å². The number of amides is 1. The van der Waals surface area contributed by atoms with E-state index in [0.29, 0.717) is 5.75 Å². The van der Waals surface area contributed by atoms with Crippen LogP contribution in [0.2, 0.25) is 0 Å². The van der Waals surface area contributed by atoms with E-state index in [1.165, 1.54) is 11.1 Å². The second-order valence-electron chi connectivity index (χ2n) is 6.00. The summed E-state index contributed by atoms with van der Waals surface area (Å²) in [5.41, 5.74) is 2.47. The second-order valence-corrected chi connectivity index (χ2v) is 6.98. The topological polar surface area (TPSA) is 29.5 Å². The number of rotatable bonds is 6. The Kier molecular flexibility index (Phi) is 5.81. The van der Waals surface area contributed by atoms with E-state index < -0.39 is 0 Å². The van der Waals surface area contributed by atoms with Gasteiger partial charge in [-0.25, -0.2) is 0 Å². The van der Waals surface area contributed by atoms with Crippen molar-refractivity contribution in [3.8, 4) is 5.75 Å². The molecule has 1 aliphatic heterocycles. The van der Waals surface area contributed by atoms with Gasteiger partial charge in [0.05, 0.1) is 18.9 Å². The Hall–Kier alpha value is -1.94. The van der Waals surface area contributed by atoms with Crippen molar-refractivity contribution in [1.29, 1.82) is 0 Å². The molecule has 3 nitrogen and oxygen atoms in total. The standard InChI is InChI=1S/C20H23NO2S/c1-23-18-11-9-17(10-12-18)19-8-5-13-21(19)20(22)15-24-14-16-6-3-2-4-7-16/h2-4,6-7,9-12,19H,5,8,13-15H2,1H3. The zero-order valence-electron chi connectivity index (χ0n) is 14.0. The summed E-state index contributed by atoms with van der Waals surface area (Å²) in [4.78, 5) is 14.7. The summed E-state index contributed by atoms with van der Waals surface area (Å²) in [5, 5.41) is 0. The van der Waals surface area contributed by atoms with Gasteiger partial charge < -0.3 is 9.64 Å². The van der Waals surface area contributed by atoms with Crippen LogP contribution in [0.5, 0.6) is 5.75 Å². The minimum Gasteiger partial charge on any atom is -0.497 e. The Bertz CT molecular complexity index is 657. The van der Waals surface area contributed by atoms with Crippen LogP contribution in [0.4, 0.5) is 0 Å². The fraction of sp³-hybridized carbons (Fsp3) is 0.350. The molecule has 2 aromatic carbocycles. The third-order valence-electron chi connectivity index (χ3n) is 4.41. The first kappa shape index (κ1) is 16.9. The van der Waals surface area contributed by atoms with Gasteiger partial charge in [-0.1, -0.05) is 42.5 Å². The van der Waals surface area contributed by atoms with Crippen LogP contribution in [0.1, 0.15) is 30.0 Å². The van der Waals surface area contributed by atoms with Gasteiger partial charge in [-0.15, -0.1) is 11.8 Å². The summed E-state index contributed by atoms with van der Waals surface area (Å²) in [6.07, 6.45) is 2.12. The molecule has 1 amide bonds. The van der Waals surface area contributed by atoms with Crippen LogP contribution >= 0.6 is 11.8 Å². The SMILES string of the molecule is COc1ccc(C2CCCN2C(=O)CSCc2ccccc2)cc1. The number of thioether (sulfide) groups is 1. The number of methoxy groups -OCH3 is 1. The van der Waals surface area contributed by atoms with E-state index in [9.17, 15) is 4.79 Å². The highest BCUT2D eigenvalue weighted by Gasteiger charge is 2.29. The average molecular weight is 341 g/mol. The largest absolute Gasteiger partial charge is 0.497 e. The van der Waals surface area contributed by atoms with E-state index in [2.05, 4.69) is 24.3 Å². The van der Waals surface area contributed by atoms with Gasteiger partial charge in [-0.2, -0.15) is 0 Å². The third kappa shape index (κ3) is 4.12. The lowest BCUT2D eigenvalue weighted by Gasteiger charge is -2.25. The summed E-state index contributed by atoms with van der Waals surface area (Å²) in [6.45, 7) is 0.863. The molecular formula is C20H23NO2S. The molecule has 1 heterocycles. The smallest absolute Gasteiger partial charge is 0.233 e. The molecule has 0 radical (unpaired) electrons. The molecule has 1 saturated heterocycles. The van der Waals surface area contributed by atoms with Crippen molar-refractivity contribution >= 4 is 17.7 Å². The van der Waals surface area contributed by atoms with Gasteiger partial charge in [0.15, 0.2) is 0 Å². The molecule has 3 rings (SSSR count). The molecule has 2 aromatic rings. The van der Waals surface area contributed by atoms with Gasteiger partial charge in [-0.05, 0) is 36.1 Å². The molecule has 0 aliphatic carbocycles. The van der Waals surface area contributed by atoms with Gasteiger partial charge >= 0.3 is 0 Å². The minimum atomic E-state index is 0.209. The molecule has 0 bridgehead atoms. The number of nitrogens with zero attached hydrogens (tertiary/aromatic N) is 1. The Morgan fingerprint density at radius 3 is 2.62 bits per heavy atom. The first-order chi connectivity index (χ1) is 11.8. The zero-order chi connectivity index (χ0) is 16.8. The van der Waals surface area contributed by atoms with Crippen molar-refractivity contribution in [2.75, 3.05) is 19.4 Å². The molecule has 24 heavy (non-hydrogen) atoms. The van der Waals surface area contributed by atoms with Crippen LogP contribution in [0.15, 0.2) is 54.6 Å². The highest BCUT2D eigenvalue weighted by molar-refractivity contribution is 7.99. The summed E-state index contributed by atoms with van der Waals surface area (Å²) >= 11 is 1.69. The van der Waals surface area contributed by atoms with Gasteiger partial charge in [-0.3, -0.25) is 4.79 Å². The molecule has 126 valence electrons. The second kappa shape index (κ2) is 8.25. The number of hydrogen-bond donors (Lipinski definition) is 0. The predicted molar refractivity (Wildman–Crippen MR) is 99.3 cm³/mol. The molecule has 1 unspecified atom stereocenters. The summed E-state index contributed by atoms with van der Waals surface area (Å²) < 4.78 is 5.22. The Morgan fingerprint density at radius 2 is 1.92 bits per heavy atom. The van der Waals surface area contributed by atoms with E-state index in [1.807, 2.05) is 35.2 Å². The van der Waals surface area contributed by atoms with Crippen molar-refractivity contribution in [3.05, 3.63) is 65.7 Å².